The molecule has 20 heavy (non-hydrogen) atoms. The van der Waals surface area contributed by atoms with Crippen LogP contribution in [0.1, 0.15) is 5.56 Å². The number of rotatable bonds is 3. The molecular formula is C15H13BrClNO2. The zero-order chi connectivity index (χ0) is 14.5. The summed E-state index contributed by atoms with van der Waals surface area (Å²) in [6.45, 7) is 0.232. The Bertz CT molecular complexity index is 604. The first-order chi connectivity index (χ1) is 9.58. The molecule has 0 N–H and O–H groups in total. The third kappa shape index (κ3) is 3.74. The molecule has 104 valence electrons. The molecule has 0 radical (unpaired) electrons. The van der Waals surface area contributed by atoms with E-state index >= 15 is 0 Å². The molecule has 0 saturated carbocycles. The van der Waals surface area contributed by atoms with Crippen LogP contribution < -0.4 is 4.90 Å². The number of amides is 1. The number of anilines is 1. The van der Waals surface area contributed by atoms with Crippen LogP contribution in [0.4, 0.5) is 10.5 Å². The van der Waals surface area contributed by atoms with Crippen LogP contribution in [-0.2, 0) is 11.3 Å². The highest BCUT2D eigenvalue weighted by Gasteiger charge is 2.15. The molecule has 1 amide bonds. The van der Waals surface area contributed by atoms with Gasteiger partial charge in [0.15, 0.2) is 0 Å². The third-order valence-corrected chi connectivity index (χ3v) is 3.56. The summed E-state index contributed by atoms with van der Waals surface area (Å²) in [7, 11) is 1.63. The number of ether oxygens (including phenoxy) is 1. The van der Waals surface area contributed by atoms with E-state index in [1.54, 1.807) is 19.2 Å². The van der Waals surface area contributed by atoms with Crippen molar-refractivity contribution in [1.29, 1.82) is 0 Å². The van der Waals surface area contributed by atoms with Crippen molar-refractivity contribution >= 4 is 39.3 Å². The fourth-order valence-electron chi connectivity index (χ4n) is 1.66. The number of hydrogen-bond acceptors (Lipinski definition) is 2. The lowest BCUT2D eigenvalue weighted by atomic mass is 10.2. The first-order valence-corrected chi connectivity index (χ1v) is 7.14. The highest BCUT2D eigenvalue weighted by atomic mass is 79.9. The Morgan fingerprint density at radius 2 is 1.95 bits per heavy atom. The van der Waals surface area contributed by atoms with Gasteiger partial charge in [0.2, 0.25) is 0 Å². The summed E-state index contributed by atoms with van der Waals surface area (Å²) in [5.74, 6) is 0. The SMILES string of the molecule is CN(C(=O)OCc1ccccc1)c1cc(Br)ccc1Cl. The zero-order valence-corrected chi connectivity index (χ0v) is 13.2. The van der Waals surface area contributed by atoms with Crippen LogP contribution in [0.2, 0.25) is 5.02 Å². The summed E-state index contributed by atoms with van der Waals surface area (Å²) >= 11 is 9.43. The lowest BCUT2D eigenvalue weighted by Gasteiger charge is -2.18. The third-order valence-electron chi connectivity index (χ3n) is 2.75. The predicted molar refractivity (Wildman–Crippen MR) is 84.2 cm³/mol. The van der Waals surface area contributed by atoms with Crippen molar-refractivity contribution < 1.29 is 9.53 Å². The van der Waals surface area contributed by atoms with Gasteiger partial charge in [-0.1, -0.05) is 57.9 Å². The van der Waals surface area contributed by atoms with Gasteiger partial charge in [-0.2, -0.15) is 0 Å². The molecule has 0 fully saturated rings. The van der Waals surface area contributed by atoms with Gasteiger partial charge < -0.3 is 4.74 Å². The zero-order valence-electron chi connectivity index (χ0n) is 10.8. The summed E-state index contributed by atoms with van der Waals surface area (Å²) in [5.41, 5.74) is 1.54. The molecule has 5 heteroatoms. The second-order valence-electron chi connectivity index (χ2n) is 4.19. The first kappa shape index (κ1) is 14.9. The minimum atomic E-state index is -0.450. The van der Waals surface area contributed by atoms with Gasteiger partial charge in [0, 0.05) is 11.5 Å². The highest BCUT2D eigenvalue weighted by molar-refractivity contribution is 9.10. The van der Waals surface area contributed by atoms with Crippen LogP contribution in [0.5, 0.6) is 0 Å². The first-order valence-electron chi connectivity index (χ1n) is 5.97. The molecule has 0 aliphatic heterocycles. The Kier molecular flexibility index (Phi) is 5.04. The number of benzene rings is 2. The molecule has 0 bridgehead atoms. The van der Waals surface area contributed by atoms with Gasteiger partial charge >= 0.3 is 6.09 Å². The normalized spacial score (nSPS) is 10.2. The Balaban J connectivity index is 2.03. The molecule has 2 aromatic carbocycles. The second kappa shape index (κ2) is 6.77. The van der Waals surface area contributed by atoms with E-state index in [1.807, 2.05) is 36.4 Å². The minimum Gasteiger partial charge on any atom is -0.444 e. The van der Waals surface area contributed by atoms with Gasteiger partial charge in [-0.25, -0.2) is 4.79 Å². The number of carbonyl (C=O) groups is 1. The van der Waals surface area contributed by atoms with E-state index in [0.29, 0.717) is 10.7 Å². The van der Waals surface area contributed by atoms with Crippen molar-refractivity contribution in [2.75, 3.05) is 11.9 Å². The standard InChI is InChI=1S/C15H13BrClNO2/c1-18(14-9-12(16)7-8-13(14)17)15(19)20-10-11-5-3-2-4-6-11/h2-9H,10H2,1H3. The number of nitrogens with zero attached hydrogens (tertiary/aromatic N) is 1. The van der Waals surface area contributed by atoms with E-state index in [2.05, 4.69) is 15.9 Å². The van der Waals surface area contributed by atoms with E-state index in [1.165, 1.54) is 4.90 Å². The van der Waals surface area contributed by atoms with Gasteiger partial charge in [0.05, 0.1) is 10.7 Å². The molecule has 0 aliphatic rings. The van der Waals surface area contributed by atoms with E-state index < -0.39 is 6.09 Å². The van der Waals surface area contributed by atoms with E-state index in [-0.39, 0.29) is 6.61 Å². The van der Waals surface area contributed by atoms with Gasteiger partial charge in [-0.05, 0) is 23.8 Å². The van der Waals surface area contributed by atoms with E-state index in [0.717, 1.165) is 10.0 Å². The smallest absolute Gasteiger partial charge is 0.414 e. The molecule has 0 spiro atoms. The Morgan fingerprint density at radius 1 is 1.25 bits per heavy atom. The number of carbonyl (C=O) groups excluding carboxylic acids is 1. The van der Waals surface area contributed by atoms with E-state index in [9.17, 15) is 4.79 Å². The largest absolute Gasteiger partial charge is 0.444 e. The Hall–Kier alpha value is -1.52. The van der Waals surface area contributed by atoms with E-state index in [4.69, 9.17) is 16.3 Å². The molecule has 0 aromatic heterocycles. The van der Waals surface area contributed by atoms with Crippen LogP contribution in [0.25, 0.3) is 0 Å². The summed E-state index contributed by atoms with van der Waals surface area (Å²) in [5, 5.41) is 0.493. The number of hydrogen-bond donors (Lipinski definition) is 0. The average Bonchev–Trinajstić information content (AvgIpc) is 2.47. The van der Waals surface area contributed by atoms with Gasteiger partial charge in [-0.3, -0.25) is 4.90 Å². The maximum absolute atomic E-state index is 12.0. The molecule has 0 heterocycles. The lowest BCUT2D eigenvalue weighted by molar-refractivity contribution is 0.148. The van der Waals surface area contributed by atoms with Gasteiger partial charge in [0.25, 0.3) is 0 Å². The highest BCUT2D eigenvalue weighted by Crippen LogP contribution is 2.28. The van der Waals surface area contributed by atoms with Crippen molar-refractivity contribution in [2.24, 2.45) is 0 Å². The number of halogens is 2. The average molecular weight is 355 g/mol. The molecule has 0 aliphatic carbocycles. The fourth-order valence-corrected chi connectivity index (χ4v) is 2.25. The van der Waals surface area contributed by atoms with Crippen molar-refractivity contribution in [3.63, 3.8) is 0 Å². The van der Waals surface area contributed by atoms with Crippen molar-refractivity contribution in [2.45, 2.75) is 6.61 Å². The van der Waals surface area contributed by atoms with Crippen LogP contribution in [0.3, 0.4) is 0 Å². The van der Waals surface area contributed by atoms with Crippen molar-refractivity contribution in [1.82, 2.24) is 0 Å². The maximum atomic E-state index is 12.0. The molecule has 0 saturated heterocycles. The van der Waals surface area contributed by atoms with Gasteiger partial charge in [-0.15, -0.1) is 0 Å². The van der Waals surface area contributed by atoms with Crippen LogP contribution >= 0.6 is 27.5 Å². The van der Waals surface area contributed by atoms with Crippen molar-refractivity contribution in [3.8, 4) is 0 Å². The maximum Gasteiger partial charge on any atom is 0.414 e. The lowest BCUT2D eigenvalue weighted by Crippen LogP contribution is -2.27. The Labute approximate surface area is 131 Å². The minimum absolute atomic E-state index is 0.232. The summed E-state index contributed by atoms with van der Waals surface area (Å²) in [6.07, 6.45) is -0.450. The fraction of sp³-hybridized carbons (Fsp3) is 0.133. The predicted octanol–water partition coefficient (Wildman–Crippen LogP) is 4.88. The summed E-state index contributed by atoms with van der Waals surface area (Å²) < 4.78 is 6.10. The molecule has 2 aromatic rings. The molecule has 0 unspecified atom stereocenters. The quantitative estimate of drug-likeness (QED) is 0.786. The monoisotopic (exact) mass is 353 g/mol. The summed E-state index contributed by atoms with van der Waals surface area (Å²) in [4.78, 5) is 13.4. The second-order valence-corrected chi connectivity index (χ2v) is 5.52. The molecule has 0 atom stereocenters. The van der Waals surface area contributed by atoms with Crippen LogP contribution in [0, 0.1) is 0 Å². The molecule has 3 nitrogen and oxygen atoms in total. The molecular weight excluding hydrogens is 342 g/mol. The van der Waals surface area contributed by atoms with Gasteiger partial charge in [0.1, 0.15) is 6.61 Å². The Morgan fingerprint density at radius 3 is 2.65 bits per heavy atom. The molecule has 2 rings (SSSR count). The topological polar surface area (TPSA) is 29.5 Å². The van der Waals surface area contributed by atoms with Crippen molar-refractivity contribution in [3.05, 3.63) is 63.6 Å². The summed E-state index contributed by atoms with van der Waals surface area (Å²) in [6, 6.07) is 14.8. The van der Waals surface area contributed by atoms with Crippen LogP contribution in [-0.4, -0.2) is 13.1 Å². The van der Waals surface area contributed by atoms with Crippen LogP contribution in [0.15, 0.2) is 53.0 Å².